The van der Waals surface area contributed by atoms with Gasteiger partial charge in [-0.3, -0.25) is 0 Å². The molecule has 40 valence electrons. The fourth-order valence-electron chi connectivity index (χ4n) is 0. The molecule has 3 heteroatoms. The van der Waals surface area contributed by atoms with E-state index in [4.69, 9.17) is 0 Å². The van der Waals surface area contributed by atoms with Gasteiger partial charge in [-0.05, 0) is 13.8 Å². The van der Waals surface area contributed by atoms with Crippen molar-refractivity contribution < 1.29 is 4.79 Å². The molecule has 0 atom stereocenters. The Bertz CT molecular complexity index is 33.8. The van der Waals surface area contributed by atoms with Gasteiger partial charge in [0.25, 0.3) is 0 Å². The smallest absolute Gasteiger partial charge is 0.126 e. The zero-order valence-corrected chi connectivity index (χ0v) is 5.74. The average Bonchev–Trinajstić information content (AvgIpc) is 0.811. The Hall–Kier alpha value is 0.110. The van der Waals surface area contributed by atoms with Crippen molar-refractivity contribution in [3.05, 3.63) is 0 Å². The van der Waals surface area contributed by atoms with E-state index >= 15 is 0 Å². The number of ketones is 1. The van der Waals surface area contributed by atoms with E-state index in [0.29, 0.717) is 0 Å². The van der Waals surface area contributed by atoms with Crippen LogP contribution in [-0.2, 0) is 4.79 Å². The highest BCUT2D eigenvalue weighted by atomic mass is 79.9. The molecule has 0 radical (unpaired) electrons. The van der Waals surface area contributed by atoms with Crippen molar-refractivity contribution >= 4 is 22.8 Å². The van der Waals surface area contributed by atoms with Crippen LogP contribution in [0.4, 0.5) is 0 Å². The van der Waals surface area contributed by atoms with Gasteiger partial charge in [-0.15, -0.1) is 17.0 Å². The van der Waals surface area contributed by atoms with Gasteiger partial charge in [-0.2, -0.15) is 0 Å². The van der Waals surface area contributed by atoms with Crippen LogP contribution in [-0.4, -0.2) is 5.78 Å². The maximum Gasteiger partial charge on any atom is 0.126 e. The van der Waals surface area contributed by atoms with Crippen LogP contribution in [0.25, 0.3) is 0 Å². The van der Waals surface area contributed by atoms with Crippen LogP contribution >= 0.6 is 17.0 Å². The maximum atomic E-state index is 9.44. The van der Waals surface area contributed by atoms with Gasteiger partial charge in [-0.1, -0.05) is 0 Å². The summed E-state index contributed by atoms with van der Waals surface area (Å²) in [5.74, 6) is 0.167. The van der Waals surface area contributed by atoms with Crippen molar-refractivity contribution in [1.82, 2.24) is 6.15 Å². The van der Waals surface area contributed by atoms with Crippen LogP contribution in [0.15, 0.2) is 0 Å². The maximum absolute atomic E-state index is 9.44. The molecule has 0 aromatic carbocycles. The summed E-state index contributed by atoms with van der Waals surface area (Å²) in [6.07, 6.45) is 0. The summed E-state index contributed by atoms with van der Waals surface area (Å²) in [7, 11) is 0. The van der Waals surface area contributed by atoms with Crippen LogP contribution in [0.3, 0.4) is 0 Å². The lowest BCUT2D eigenvalue weighted by Gasteiger charge is -1.56. The Morgan fingerprint density at radius 1 is 1.33 bits per heavy atom. The molecule has 0 aromatic rings. The minimum atomic E-state index is 0. The summed E-state index contributed by atoms with van der Waals surface area (Å²) in [5.41, 5.74) is 0. The van der Waals surface area contributed by atoms with E-state index in [2.05, 4.69) is 0 Å². The van der Waals surface area contributed by atoms with E-state index in [1.165, 1.54) is 13.8 Å². The molecular weight excluding hydrogens is 146 g/mol. The van der Waals surface area contributed by atoms with E-state index in [9.17, 15) is 4.79 Å². The van der Waals surface area contributed by atoms with Crippen molar-refractivity contribution in [3.63, 3.8) is 0 Å². The van der Waals surface area contributed by atoms with Gasteiger partial charge in [0.15, 0.2) is 0 Å². The van der Waals surface area contributed by atoms with Gasteiger partial charge < -0.3 is 10.9 Å². The Kier molecular flexibility index (Phi) is 24.5. The molecule has 0 heterocycles. The number of carbonyl (C=O) groups is 1. The third-order valence-corrected chi connectivity index (χ3v) is 0. The number of hydrogen-bond acceptors (Lipinski definition) is 2. The first-order chi connectivity index (χ1) is 1.73. The molecule has 2 nitrogen and oxygen atoms in total. The molecule has 0 aliphatic heterocycles. The lowest BCUT2D eigenvalue weighted by atomic mass is 10.6. The average molecular weight is 156 g/mol. The fourth-order valence-corrected chi connectivity index (χ4v) is 0. The highest BCUT2D eigenvalue weighted by Crippen LogP contribution is 1.50. The third kappa shape index (κ3) is 3290. The van der Waals surface area contributed by atoms with Crippen LogP contribution in [0.2, 0.25) is 0 Å². The van der Waals surface area contributed by atoms with Crippen LogP contribution in [0.1, 0.15) is 13.8 Å². The second kappa shape index (κ2) is 8.92. The molecule has 0 fully saturated rings. The quantitative estimate of drug-likeness (QED) is 0.575. The Morgan fingerprint density at radius 2 is 1.33 bits per heavy atom. The van der Waals surface area contributed by atoms with E-state index < -0.39 is 0 Å². The first-order valence-corrected chi connectivity index (χ1v) is 1.20. The van der Waals surface area contributed by atoms with Crippen molar-refractivity contribution in [2.45, 2.75) is 13.8 Å². The standard InChI is InChI=1S/C3H6O.BrH.H3N/c1-3(2)4;;/h1-2H3;1H;1H3. The normalized spacial score (nSPS) is 4.33. The molecule has 0 spiro atoms. The van der Waals surface area contributed by atoms with Gasteiger partial charge in [0.1, 0.15) is 5.78 Å². The van der Waals surface area contributed by atoms with Crippen LogP contribution in [0.5, 0.6) is 0 Å². The Labute approximate surface area is 48.3 Å². The molecule has 0 aromatic heterocycles. The number of rotatable bonds is 0. The van der Waals surface area contributed by atoms with E-state index in [-0.39, 0.29) is 28.9 Å². The van der Waals surface area contributed by atoms with E-state index in [0.717, 1.165) is 0 Å². The highest BCUT2D eigenvalue weighted by molar-refractivity contribution is 8.93. The zero-order chi connectivity index (χ0) is 3.58. The second-order valence-corrected chi connectivity index (χ2v) is 0.908. The predicted molar refractivity (Wildman–Crippen MR) is 31.7 cm³/mol. The van der Waals surface area contributed by atoms with Gasteiger partial charge in [0.05, 0.1) is 0 Å². The lowest BCUT2D eigenvalue weighted by Crippen LogP contribution is -1.69. The molecule has 0 saturated heterocycles. The highest BCUT2D eigenvalue weighted by Gasteiger charge is 1.62. The summed E-state index contributed by atoms with van der Waals surface area (Å²) in [5, 5.41) is 0. The van der Waals surface area contributed by atoms with Crippen LogP contribution < -0.4 is 6.15 Å². The predicted octanol–water partition coefficient (Wildman–Crippen LogP) is 1.34. The van der Waals surface area contributed by atoms with Crippen molar-refractivity contribution in [2.24, 2.45) is 0 Å². The Balaban J connectivity index is -0.0000000450. The summed E-state index contributed by atoms with van der Waals surface area (Å²) in [4.78, 5) is 9.44. The zero-order valence-electron chi connectivity index (χ0n) is 4.02. The number of Topliss-reactive ketones (excluding diaryl/α,β-unsaturated/α-hetero) is 1. The van der Waals surface area contributed by atoms with Gasteiger partial charge in [-0.25, -0.2) is 0 Å². The minimum Gasteiger partial charge on any atom is -0.344 e. The van der Waals surface area contributed by atoms with Crippen molar-refractivity contribution in [2.75, 3.05) is 0 Å². The van der Waals surface area contributed by atoms with Crippen molar-refractivity contribution in [1.29, 1.82) is 0 Å². The molecule has 0 aliphatic carbocycles. The third-order valence-electron chi connectivity index (χ3n) is 0. The van der Waals surface area contributed by atoms with Crippen molar-refractivity contribution in [3.8, 4) is 0 Å². The Morgan fingerprint density at radius 3 is 1.33 bits per heavy atom. The topological polar surface area (TPSA) is 52.1 Å². The first-order valence-electron chi connectivity index (χ1n) is 1.20. The monoisotopic (exact) mass is 155 g/mol. The van der Waals surface area contributed by atoms with Gasteiger partial charge in [0, 0.05) is 0 Å². The second-order valence-electron chi connectivity index (χ2n) is 0.908. The van der Waals surface area contributed by atoms with E-state index in [1.54, 1.807) is 0 Å². The molecular formula is C3H10BrNO. The summed E-state index contributed by atoms with van der Waals surface area (Å²) in [6.45, 7) is 3.06. The SMILES string of the molecule is Br.CC(C)=O.N. The van der Waals surface area contributed by atoms with Crippen LogP contribution in [0, 0.1) is 0 Å². The summed E-state index contributed by atoms with van der Waals surface area (Å²) in [6, 6.07) is 0. The summed E-state index contributed by atoms with van der Waals surface area (Å²) < 4.78 is 0. The van der Waals surface area contributed by atoms with E-state index in [1.807, 2.05) is 0 Å². The molecule has 3 N–H and O–H groups in total. The largest absolute Gasteiger partial charge is 0.344 e. The summed E-state index contributed by atoms with van der Waals surface area (Å²) >= 11 is 0. The number of carbonyl (C=O) groups excluding carboxylic acids is 1. The number of hydrogen-bond donors (Lipinski definition) is 1. The molecule has 0 bridgehead atoms. The minimum absolute atomic E-state index is 0. The lowest BCUT2D eigenvalue weighted by molar-refractivity contribution is -0.114. The first kappa shape index (κ1) is 16.5. The molecule has 0 rings (SSSR count). The molecule has 0 unspecified atom stereocenters. The molecule has 0 amide bonds. The molecule has 6 heavy (non-hydrogen) atoms. The fraction of sp³-hybridized carbons (Fsp3) is 0.667. The molecule has 0 saturated carbocycles. The van der Waals surface area contributed by atoms with Gasteiger partial charge in [0.2, 0.25) is 0 Å². The molecule has 0 aliphatic rings. The number of halogens is 1. The van der Waals surface area contributed by atoms with Gasteiger partial charge >= 0.3 is 0 Å².